The zero-order chi connectivity index (χ0) is 14.5. The fourth-order valence-electron chi connectivity index (χ4n) is 1.54. The zero-order valence-electron chi connectivity index (χ0n) is 12.5. The molecule has 2 nitrogen and oxygen atoms in total. The summed E-state index contributed by atoms with van der Waals surface area (Å²) in [5.41, 5.74) is 2.78. The summed E-state index contributed by atoms with van der Waals surface area (Å²) in [6.45, 7) is 6.43. The Morgan fingerprint density at radius 3 is 2.47 bits per heavy atom. The maximum atomic E-state index is 9.34. The van der Waals surface area contributed by atoms with Gasteiger partial charge in [-0.15, -0.1) is 0 Å². The summed E-state index contributed by atoms with van der Waals surface area (Å²) in [5, 5.41) is 18.0. The summed E-state index contributed by atoms with van der Waals surface area (Å²) in [6.07, 6.45) is 15.0. The first-order valence-electron chi connectivity index (χ1n) is 6.97. The smallest absolute Gasteiger partial charge is 0.0745 e. The van der Waals surface area contributed by atoms with Crippen molar-refractivity contribution in [2.75, 3.05) is 6.61 Å². The Balaban J connectivity index is 3.84. The largest absolute Gasteiger partial charge is 0.396 e. The first kappa shape index (κ1) is 17.9. The van der Waals surface area contributed by atoms with Crippen LogP contribution >= 0.6 is 0 Å². The molecule has 0 saturated carbocycles. The predicted molar refractivity (Wildman–Crippen MR) is 83.0 cm³/mol. The average molecular weight is 264 g/mol. The summed E-state index contributed by atoms with van der Waals surface area (Å²) in [5.74, 6) is 0. The maximum absolute atomic E-state index is 9.34. The normalized spacial score (nSPS) is 14.3. The molecule has 0 aromatic rings. The van der Waals surface area contributed by atoms with Gasteiger partial charge in [0.15, 0.2) is 0 Å². The fraction of sp³-hybridized carbons (Fsp3) is 0.529. The predicted octanol–water partition coefficient (Wildman–Crippen LogP) is 3.92. The molecule has 0 aliphatic rings. The Kier molecular flexibility index (Phi) is 11.2. The standard InChI is InChI=1S/C17H28O2/c1-15(2)9-8-11-16(3)10-6-4-5-7-12-17(19)13-14-18/h4-5,7,9-10,12,17-19H,6,8,11,13-14H2,1-3H3/b5-4-,12-7+,16-10+/t17-/m1/s1. The van der Waals surface area contributed by atoms with Crippen molar-refractivity contribution in [3.8, 4) is 0 Å². The molecule has 2 heteroatoms. The van der Waals surface area contributed by atoms with E-state index in [0.29, 0.717) is 6.42 Å². The molecule has 0 rings (SSSR count). The van der Waals surface area contributed by atoms with Crippen LogP contribution in [0.25, 0.3) is 0 Å². The minimum absolute atomic E-state index is 0.0167. The molecule has 0 saturated heterocycles. The number of hydrogen-bond donors (Lipinski definition) is 2. The lowest BCUT2D eigenvalue weighted by Crippen LogP contribution is -2.03. The number of hydrogen-bond acceptors (Lipinski definition) is 2. The van der Waals surface area contributed by atoms with E-state index in [1.54, 1.807) is 6.08 Å². The third-order valence-corrected chi connectivity index (χ3v) is 2.70. The molecule has 0 aliphatic heterocycles. The lowest BCUT2D eigenvalue weighted by atomic mass is 10.1. The summed E-state index contributed by atoms with van der Waals surface area (Å²) in [4.78, 5) is 0. The van der Waals surface area contributed by atoms with Gasteiger partial charge in [-0.25, -0.2) is 0 Å². The van der Waals surface area contributed by atoms with Gasteiger partial charge in [-0.1, -0.05) is 47.6 Å². The van der Waals surface area contributed by atoms with E-state index in [1.807, 2.05) is 12.2 Å². The van der Waals surface area contributed by atoms with Gasteiger partial charge in [-0.2, -0.15) is 0 Å². The molecule has 2 N–H and O–H groups in total. The summed E-state index contributed by atoms with van der Waals surface area (Å²) >= 11 is 0. The van der Waals surface area contributed by atoms with E-state index in [1.165, 1.54) is 11.1 Å². The SMILES string of the molecule is CC(C)=CCC/C(C)=C/C/C=C\C=C\[C@@H](O)CCO. The van der Waals surface area contributed by atoms with Crippen LogP contribution in [0.3, 0.4) is 0 Å². The van der Waals surface area contributed by atoms with Gasteiger partial charge in [0.25, 0.3) is 0 Å². The van der Waals surface area contributed by atoms with Crippen LogP contribution in [-0.2, 0) is 0 Å². The Morgan fingerprint density at radius 2 is 1.84 bits per heavy atom. The highest BCUT2D eigenvalue weighted by molar-refractivity contribution is 5.09. The van der Waals surface area contributed by atoms with Crippen molar-refractivity contribution < 1.29 is 10.2 Å². The third-order valence-electron chi connectivity index (χ3n) is 2.70. The second-order valence-electron chi connectivity index (χ2n) is 5.00. The highest BCUT2D eigenvalue weighted by atomic mass is 16.3. The number of rotatable bonds is 9. The molecule has 0 aliphatic carbocycles. The van der Waals surface area contributed by atoms with Crippen molar-refractivity contribution in [3.05, 3.63) is 47.6 Å². The molecule has 0 radical (unpaired) electrons. The van der Waals surface area contributed by atoms with Crippen molar-refractivity contribution >= 4 is 0 Å². The molecule has 0 heterocycles. The molecule has 0 fully saturated rings. The van der Waals surface area contributed by atoms with Gasteiger partial charge in [0.1, 0.15) is 0 Å². The Morgan fingerprint density at radius 1 is 1.11 bits per heavy atom. The van der Waals surface area contributed by atoms with Crippen LogP contribution in [0.1, 0.15) is 46.5 Å². The van der Waals surface area contributed by atoms with Crippen molar-refractivity contribution in [2.45, 2.75) is 52.6 Å². The van der Waals surface area contributed by atoms with Crippen LogP contribution in [0.15, 0.2) is 47.6 Å². The van der Waals surface area contributed by atoms with Crippen molar-refractivity contribution in [1.82, 2.24) is 0 Å². The summed E-state index contributed by atoms with van der Waals surface area (Å²) in [6, 6.07) is 0. The molecule has 0 amide bonds. The quantitative estimate of drug-likeness (QED) is 0.489. The monoisotopic (exact) mass is 264 g/mol. The molecule has 0 unspecified atom stereocenters. The molecule has 0 aromatic carbocycles. The lowest BCUT2D eigenvalue weighted by molar-refractivity contribution is 0.170. The van der Waals surface area contributed by atoms with Gasteiger partial charge >= 0.3 is 0 Å². The van der Waals surface area contributed by atoms with Crippen LogP contribution in [0.4, 0.5) is 0 Å². The Hall–Kier alpha value is -1.12. The molecule has 0 aromatic heterocycles. The molecule has 0 spiro atoms. The van der Waals surface area contributed by atoms with Crippen molar-refractivity contribution in [3.63, 3.8) is 0 Å². The van der Waals surface area contributed by atoms with E-state index in [4.69, 9.17) is 5.11 Å². The highest BCUT2D eigenvalue weighted by Crippen LogP contribution is 2.07. The molecular weight excluding hydrogens is 236 g/mol. The summed E-state index contributed by atoms with van der Waals surface area (Å²) in [7, 11) is 0. The number of aliphatic hydroxyl groups is 2. The zero-order valence-corrected chi connectivity index (χ0v) is 12.5. The van der Waals surface area contributed by atoms with Gasteiger partial charge in [0.05, 0.1) is 6.10 Å². The van der Waals surface area contributed by atoms with Crippen LogP contribution in [0.5, 0.6) is 0 Å². The second kappa shape index (κ2) is 11.9. The van der Waals surface area contributed by atoms with E-state index >= 15 is 0 Å². The summed E-state index contributed by atoms with van der Waals surface area (Å²) < 4.78 is 0. The number of aliphatic hydroxyl groups excluding tert-OH is 2. The molecule has 19 heavy (non-hydrogen) atoms. The minimum atomic E-state index is -0.545. The molecule has 108 valence electrons. The first-order chi connectivity index (χ1) is 9.06. The topological polar surface area (TPSA) is 40.5 Å². The number of allylic oxidation sites excluding steroid dienone is 7. The van der Waals surface area contributed by atoms with Gasteiger partial charge in [-0.05, 0) is 46.5 Å². The second-order valence-corrected chi connectivity index (χ2v) is 5.00. The Bertz CT molecular complexity index is 331. The van der Waals surface area contributed by atoms with Crippen LogP contribution in [0.2, 0.25) is 0 Å². The fourth-order valence-corrected chi connectivity index (χ4v) is 1.54. The molecule has 1 atom stereocenters. The van der Waals surface area contributed by atoms with E-state index in [0.717, 1.165) is 19.3 Å². The van der Waals surface area contributed by atoms with E-state index in [2.05, 4.69) is 39.0 Å². The molecule has 0 bridgehead atoms. The van der Waals surface area contributed by atoms with Crippen LogP contribution in [0, 0.1) is 0 Å². The third kappa shape index (κ3) is 13.1. The van der Waals surface area contributed by atoms with Crippen LogP contribution < -0.4 is 0 Å². The van der Waals surface area contributed by atoms with Crippen molar-refractivity contribution in [1.29, 1.82) is 0 Å². The molecular formula is C17H28O2. The average Bonchev–Trinajstić information content (AvgIpc) is 2.33. The van der Waals surface area contributed by atoms with Gasteiger partial charge in [-0.3, -0.25) is 0 Å². The maximum Gasteiger partial charge on any atom is 0.0745 e. The Labute approximate surface area is 117 Å². The van der Waals surface area contributed by atoms with E-state index < -0.39 is 6.10 Å². The van der Waals surface area contributed by atoms with Gasteiger partial charge in [0.2, 0.25) is 0 Å². The van der Waals surface area contributed by atoms with Gasteiger partial charge < -0.3 is 10.2 Å². The highest BCUT2D eigenvalue weighted by Gasteiger charge is 1.94. The minimum Gasteiger partial charge on any atom is -0.396 e. The van der Waals surface area contributed by atoms with Crippen LogP contribution in [-0.4, -0.2) is 22.9 Å². The van der Waals surface area contributed by atoms with Crippen molar-refractivity contribution in [2.24, 2.45) is 0 Å². The van der Waals surface area contributed by atoms with E-state index in [-0.39, 0.29) is 6.61 Å². The van der Waals surface area contributed by atoms with E-state index in [9.17, 15) is 5.11 Å². The lowest BCUT2D eigenvalue weighted by Gasteiger charge is -1.99. The first-order valence-corrected chi connectivity index (χ1v) is 6.97. The van der Waals surface area contributed by atoms with Gasteiger partial charge in [0, 0.05) is 6.61 Å².